The van der Waals surface area contributed by atoms with Gasteiger partial charge in [-0.1, -0.05) is 18.2 Å². The van der Waals surface area contributed by atoms with Crippen LogP contribution in [0.5, 0.6) is 0 Å². The molecule has 4 amide bonds. The maximum atomic E-state index is 11.9. The second kappa shape index (κ2) is 8.15. The Labute approximate surface area is 151 Å². The zero-order valence-corrected chi connectivity index (χ0v) is 14.1. The van der Waals surface area contributed by atoms with E-state index in [0.717, 1.165) is 12.8 Å². The molecular formula is C19H20N4O3. The van der Waals surface area contributed by atoms with Gasteiger partial charge in [0.15, 0.2) is 0 Å². The van der Waals surface area contributed by atoms with Gasteiger partial charge in [0.05, 0.1) is 6.54 Å². The Hall–Kier alpha value is -3.35. The van der Waals surface area contributed by atoms with Gasteiger partial charge in [0.1, 0.15) is 0 Å². The molecule has 1 aliphatic rings. The van der Waals surface area contributed by atoms with Crippen molar-refractivity contribution in [3.8, 4) is 0 Å². The van der Waals surface area contributed by atoms with E-state index in [0.29, 0.717) is 23.0 Å². The first-order valence-electron chi connectivity index (χ1n) is 8.41. The van der Waals surface area contributed by atoms with E-state index in [9.17, 15) is 14.4 Å². The zero-order chi connectivity index (χ0) is 18.4. The van der Waals surface area contributed by atoms with Crippen molar-refractivity contribution < 1.29 is 14.4 Å². The standard InChI is InChI=1S/C19H20N4O3/c24-17(12-20-18(25)13-4-2-1-3-5-13)21-14-6-8-15(9-7-14)22-19(26)23-16-10-11-16/h1-9,16H,10-12H2,(H,20,25)(H,21,24)(H2,22,23,26). The van der Waals surface area contributed by atoms with Crippen LogP contribution in [0.15, 0.2) is 54.6 Å². The summed E-state index contributed by atoms with van der Waals surface area (Å²) in [5.74, 6) is -0.636. The summed E-state index contributed by atoms with van der Waals surface area (Å²) in [4.78, 5) is 35.5. The lowest BCUT2D eigenvalue weighted by atomic mass is 10.2. The molecule has 0 spiro atoms. The Bertz CT molecular complexity index is 786. The third-order valence-electron chi connectivity index (χ3n) is 3.78. The third kappa shape index (κ3) is 5.34. The van der Waals surface area contributed by atoms with E-state index in [1.165, 1.54) is 0 Å². The first kappa shape index (κ1) is 17.5. The lowest BCUT2D eigenvalue weighted by molar-refractivity contribution is -0.115. The summed E-state index contributed by atoms with van der Waals surface area (Å²) in [7, 11) is 0. The van der Waals surface area contributed by atoms with Crippen LogP contribution >= 0.6 is 0 Å². The maximum Gasteiger partial charge on any atom is 0.319 e. The summed E-state index contributed by atoms with van der Waals surface area (Å²) < 4.78 is 0. The molecule has 2 aromatic rings. The van der Waals surface area contributed by atoms with Crippen LogP contribution in [0, 0.1) is 0 Å². The van der Waals surface area contributed by atoms with Crippen LogP contribution in [0.2, 0.25) is 0 Å². The lowest BCUT2D eigenvalue weighted by Gasteiger charge is -2.09. The van der Waals surface area contributed by atoms with E-state index in [-0.39, 0.29) is 24.4 Å². The molecule has 0 saturated heterocycles. The van der Waals surface area contributed by atoms with Crippen LogP contribution in [0.25, 0.3) is 0 Å². The highest BCUT2D eigenvalue weighted by atomic mass is 16.2. The van der Waals surface area contributed by atoms with Gasteiger partial charge in [0, 0.05) is 23.0 Å². The van der Waals surface area contributed by atoms with Crippen molar-refractivity contribution in [3.05, 3.63) is 60.2 Å². The van der Waals surface area contributed by atoms with Gasteiger partial charge in [-0.25, -0.2) is 4.79 Å². The Morgan fingerprint density at radius 1 is 0.846 bits per heavy atom. The Morgan fingerprint density at radius 2 is 1.46 bits per heavy atom. The summed E-state index contributed by atoms with van der Waals surface area (Å²) in [5, 5.41) is 10.8. The first-order chi connectivity index (χ1) is 12.6. The van der Waals surface area contributed by atoms with Crippen LogP contribution in [-0.4, -0.2) is 30.4 Å². The number of amides is 4. The van der Waals surface area contributed by atoms with Gasteiger partial charge >= 0.3 is 6.03 Å². The average molecular weight is 352 g/mol. The van der Waals surface area contributed by atoms with Crippen molar-refractivity contribution >= 4 is 29.2 Å². The number of anilines is 2. The van der Waals surface area contributed by atoms with E-state index in [1.807, 2.05) is 6.07 Å². The normalized spacial score (nSPS) is 12.8. The minimum atomic E-state index is -0.332. The molecule has 7 heteroatoms. The summed E-state index contributed by atoms with van der Waals surface area (Å²) in [6, 6.07) is 15.5. The number of benzene rings is 2. The lowest BCUT2D eigenvalue weighted by Crippen LogP contribution is -2.32. The molecule has 134 valence electrons. The Balaban J connectivity index is 1.43. The minimum Gasteiger partial charge on any atom is -0.343 e. The maximum absolute atomic E-state index is 11.9. The van der Waals surface area contributed by atoms with Crippen LogP contribution in [0.4, 0.5) is 16.2 Å². The highest BCUT2D eigenvalue weighted by molar-refractivity contribution is 5.99. The largest absolute Gasteiger partial charge is 0.343 e. The fourth-order valence-corrected chi connectivity index (χ4v) is 2.27. The number of nitrogens with one attached hydrogen (secondary N) is 4. The molecule has 1 aliphatic carbocycles. The molecule has 4 N–H and O–H groups in total. The van der Waals surface area contributed by atoms with E-state index in [1.54, 1.807) is 48.5 Å². The third-order valence-corrected chi connectivity index (χ3v) is 3.78. The van der Waals surface area contributed by atoms with Gasteiger partial charge < -0.3 is 21.3 Å². The molecule has 0 aromatic heterocycles. The summed E-state index contributed by atoms with van der Waals surface area (Å²) in [5.41, 5.74) is 1.72. The second-order valence-corrected chi connectivity index (χ2v) is 6.05. The molecule has 0 aliphatic heterocycles. The number of hydrogen-bond donors (Lipinski definition) is 4. The monoisotopic (exact) mass is 352 g/mol. The van der Waals surface area contributed by atoms with E-state index in [4.69, 9.17) is 0 Å². The fourth-order valence-electron chi connectivity index (χ4n) is 2.27. The average Bonchev–Trinajstić information content (AvgIpc) is 3.46. The van der Waals surface area contributed by atoms with Crippen LogP contribution in [0.3, 0.4) is 0 Å². The molecule has 0 bridgehead atoms. The van der Waals surface area contributed by atoms with E-state index < -0.39 is 0 Å². The van der Waals surface area contributed by atoms with Crippen molar-refractivity contribution in [3.63, 3.8) is 0 Å². The van der Waals surface area contributed by atoms with E-state index >= 15 is 0 Å². The van der Waals surface area contributed by atoms with Gasteiger partial charge in [-0.15, -0.1) is 0 Å². The number of carbonyl (C=O) groups is 3. The van der Waals surface area contributed by atoms with Crippen molar-refractivity contribution in [2.75, 3.05) is 17.2 Å². The molecule has 1 saturated carbocycles. The van der Waals surface area contributed by atoms with Crippen LogP contribution < -0.4 is 21.3 Å². The molecule has 2 aromatic carbocycles. The molecular weight excluding hydrogens is 332 g/mol. The quantitative estimate of drug-likeness (QED) is 0.642. The molecule has 0 heterocycles. The molecule has 7 nitrogen and oxygen atoms in total. The van der Waals surface area contributed by atoms with Gasteiger partial charge in [-0.3, -0.25) is 9.59 Å². The smallest absolute Gasteiger partial charge is 0.319 e. The first-order valence-corrected chi connectivity index (χ1v) is 8.41. The topological polar surface area (TPSA) is 99.3 Å². The number of carbonyl (C=O) groups excluding carboxylic acids is 3. The van der Waals surface area contributed by atoms with Crippen LogP contribution in [-0.2, 0) is 4.79 Å². The van der Waals surface area contributed by atoms with Crippen molar-refractivity contribution in [2.24, 2.45) is 0 Å². The van der Waals surface area contributed by atoms with Crippen molar-refractivity contribution in [2.45, 2.75) is 18.9 Å². The summed E-state index contributed by atoms with van der Waals surface area (Å²) in [6.45, 7) is -0.127. The molecule has 1 fully saturated rings. The van der Waals surface area contributed by atoms with E-state index in [2.05, 4.69) is 21.3 Å². The predicted molar refractivity (Wildman–Crippen MR) is 99.0 cm³/mol. The molecule has 0 atom stereocenters. The molecule has 26 heavy (non-hydrogen) atoms. The van der Waals surface area contributed by atoms with Gasteiger partial charge in [0.25, 0.3) is 5.91 Å². The Kier molecular flexibility index (Phi) is 5.48. The number of rotatable bonds is 6. The SMILES string of the molecule is O=C(CNC(=O)c1ccccc1)Nc1ccc(NC(=O)NC2CC2)cc1. The number of hydrogen-bond acceptors (Lipinski definition) is 3. The van der Waals surface area contributed by atoms with Gasteiger partial charge in [0.2, 0.25) is 5.91 Å². The van der Waals surface area contributed by atoms with Crippen molar-refractivity contribution in [1.29, 1.82) is 0 Å². The highest BCUT2D eigenvalue weighted by Gasteiger charge is 2.23. The zero-order valence-electron chi connectivity index (χ0n) is 14.1. The highest BCUT2D eigenvalue weighted by Crippen LogP contribution is 2.19. The summed E-state index contributed by atoms with van der Waals surface area (Å²) in [6.07, 6.45) is 2.05. The fraction of sp³-hybridized carbons (Fsp3) is 0.211. The summed E-state index contributed by atoms with van der Waals surface area (Å²) >= 11 is 0. The predicted octanol–water partition coefficient (Wildman–Crippen LogP) is 2.34. The molecule has 0 radical (unpaired) electrons. The Morgan fingerprint density at radius 3 is 2.08 bits per heavy atom. The minimum absolute atomic E-state index is 0.127. The molecule has 3 rings (SSSR count). The van der Waals surface area contributed by atoms with Crippen molar-refractivity contribution in [1.82, 2.24) is 10.6 Å². The van der Waals surface area contributed by atoms with Crippen LogP contribution in [0.1, 0.15) is 23.2 Å². The molecule has 0 unspecified atom stereocenters. The number of urea groups is 1. The van der Waals surface area contributed by atoms with Gasteiger partial charge in [-0.2, -0.15) is 0 Å². The second-order valence-electron chi connectivity index (χ2n) is 6.05. The van der Waals surface area contributed by atoms with Gasteiger partial charge in [-0.05, 0) is 49.2 Å².